The maximum Gasteiger partial charge on any atom is 0.303 e. The van der Waals surface area contributed by atoms with Crippen LogP contribution < -0.4 is 0 Å². The van der Waals surface area contributed by atoms with Crippen molar-refractivity contribution in [3.8, 4) is 0 Å². The van der Waals surface area contributed by atoms with Gasteiger partial charge in [0.25, 0.3) is 0 Å². The average molecular weight is 218 g/mol. The SMILES string of the molecule is CCn1c(CCC(=O)O)nc2ccccc21. The molecule has 2 rings (SSSR count). The topological polar surface area (TPSA) is 55.1 Å². The third-order valence-corrected chi connectivity index (χ3v) is 2.61. The van der Waals surface area contributed by atoms with Gasteiger partial charge in [-0.05, 0) is 19.1 Å². The quantitative estimate of drug-likeness (QED) is 0.854. The van der Waals surface area contributed by atoms with Crippen LogP contribution in [0.2, 0.25) is 0 Å². The molecule has 1 heterocycles. The van der Waals surface area contributed by atoms with E-state index < -0.39 is 5.97 Å². The number of hydrogen-bond donors (Lipinski definition) is 1. The van der Waals surface area contributed by atoms with Crippen molar-refractivity contribution in [2.75, 3.05) is 0 Å². The Bertz CT molecular complexity index is 517. The van der Waals surface area contributed by atoms with E-state index in [1.54, 1.807) is 0 Å². The standard InChI is InChI=1S/C12H14N2O2/c1-2-14-10-6-4-3-5-9(10)13-11(14)7-8-12(15)16/h3-6H,2,7-8H2,1H3,(H,15,16). The van der Waals surface area contributed by atoms with Crippen molar-refractivity contribution in [3.63, 3.8) is 0 Å². The van der Waals surface area contributed by atoms with Crippen molar-refractivity contribution >= 4 is 17.0 Å². The van der Waals surface area contributed by atoms with E-state index in [9.17, 15) is 4.79 Å². The van der Waals surface area contributed by atoms with Gasteiger partial charge >= 0.3 is 5.97 Å². The first-order valence-electron chi connectivity index (χ1n) is 5.38. The molecule has 0 spiro atoms. The second kappa shape index (κ2) is 4.35. The van der Waals surface area contributed by atoms with E-state index >= 15 is 0 Å². The molecule has 0 bridgehead atoms. The van der Waals surface area contributed by atoms with E-state index in [0.717, 1.165) is 23.4 Å². The number of para-hydroxylation sites is 2. The van der Waals surface area contributed by atoms with Crippen LogP contribution >= 0.6 is 0 Å². The molecule has 0 aliphatic carbocycles. The molecule has 0 unspecified atom stereocenters. The van der Waals surface area contributed by atoms with Crippen molar-refractivity contribution in [3.05, 3.63) is 30.1 Å². The number of benzene rings is 1. The van der Waals surface area contributed by atoms with Gasteiger partial charge in [-0.15, -0.1) is 0 Å². The van der Waals surface area contributed by atoms with Crippen LogP contribution in [0.5, 0.6) is 0 Å². The monoisotopic (exact) mass is 218 g/mol. The fraction of sp³-hybridized carbons (Fsp3) is 0.333. The van der Waals surface area contributed by atoms with Gasteiger partial charge in [-0.3, -0.25) is 4.79 Å². The predicted molar refractivity (Wildman–Crippen MR) is 61.4 cm³/mol. The molecule has 0 atom stereocenters. The van der Waals surface area contributed by atoms with Crippen molar-refractivity contribution in [1.29, 1.82) is 0 Å². The second-order valence-corrected chi connectivity index (χ2v) is 3.65. The molecule has 1 aromatic heterocycles. The Morgan fingerprint density at radius 1 is 1.44 bits per heavy atom. The van der Waals surface area contributed by atoms with E-state index in [1.807, 2.05) is 31.2 Å². The number of nitrogens with zero attached hydrogens (tertiary/aromatic N) is 2. The minimum Gasteiger partial charge on any atom is -0.481 e. The molecule has 0 fully saturated rings. The lowest BCUT2D eigenvalue weighted by Gasteiger charge is -2.04. The van der Waals surface area contributed by atoms with Crippen LogP contribution in [0.1, 0.15) is 19.2 Å². The zero-order valence-corrected chi connectivity index (χ0v) is 9.18. The van der Waals surface area contributed by atoms with E-state index in [-0.39, 0.29) is 6.42 Å². The van der Waals surface area contributed by atoms with Crippen LogP contribution in [0.3, 0.4) is 0 Å². The number of imidazole rings is 1. The van der Waals surface area contributed by atoms with Crippen LogP contribution in [-0.4, -0.2) is 20.6 Å². The lowest BCUT2D eigenvalue weighted by molar-refractivity contribution is -0.137. The maximum atomic E-state index is 10.6. The molecular formula is C12H14N2O2. The normalized spacial score (nSPS) is 10.8. The Morgan fingerprint density at radius 3 is 2.88 bits per heavy atom. The molecule has 0 saturated carbocycles. The maximum absolute atomic E-state index is 10.6. The highest BCUT2D eigenvalue weighted by Crippen LogP contribution is 2.16. The number of carboxylic acids is 1. The second-order valence-electron chi connectivity index (χ2n) is 3.65. The van der Waals surface area contributed by atoms with Crippen molar-refractivity contribution in [1.82, 2.24) is 9.55 Å². The van der Waals surface area contributed by atoms with Crippen molar-refractivity contribution in [2.24, 2.45) is 0 Å². The average Bonchev–Trinajstić information content (AvgIpc) is 2.63. The largest absolute Gasteiger partial charge is 0.481 e. The Kier molecular flexibility index (Phi) is 2.90. The number of rotatable bonds is 4. The Labute approximate surface area is 93.5 Å². The molecule has 1 aromatic carbocycles. The fourth-order valence-electron chi connectivity index (χ4n) is 1.89. The van der Waals surface area contributed by atoms with Gasteiger partial charge in [0.05, 0.1) is 17.5 Å². The van der Waals surface area contributed by atoms with Crippen LogP contribution in [0, 0.1) is 0 Å². The molecule has 0 amide bonds. The van der Waals surface area contributed by atoms with Crippen LogP contribution in [0.25, 0.3) is 11.0 Å². The molecule has 2 aromatic rings. The summed E-state index contributed by atoms with van der Waals surface area (Å²) in [5.41, 5.74) is 2.01. The summed E-state index contributed by atoms with van der Waals surface area (Å²) in [4.78, 5) is 15.0. The summed E-state index contributed by atoms with van der Waals surface area (Å²) >= 11 is 0. The predicted octanol–water partition coefficient (Wildman–Crippen LogP) is 2.07. The summed E-state index contributed by atoms with van der Waals surface area (Å²) in [6.45, 7) is 2.86. The third-order valence-electron chi connectivity index (χ3n) is 2.61. The lowest BCUT2D eigenvalue weighted by Crippen LogP contribution is -2.05. The number of aromatic nitrogens is 2. The summed E-state index contributed by atoms with van der Waals surface area (Å²) in [7, 11) is 0. The molecule has 0 saturated heterocycles. The Balaban J connectivity index is 2.40. The highest BCUT2D eigenvalue weighted by Gasteiger charge is 2.09. The summed E-state index contributed by atoms with van der Waals surface area (Å²) < 4.78 is 2.07. The van der Waals surface area contributed by atoms with Crippen LogP contribution in [-0.2, 0) is 17.8 Å². The minimum absolute atomic E-state index is 0.128. The number of carboxylic acid groups (broad SMARTS) is 1. The molecule has 4 heteroatoms. The van der Waals surface area contributed by atoms with Crippen LogP contribution in [0.4, 0.5) is 0 Å². The first-order chi connectivity index (χ1) is 7.72. The summed E-state index contributed by atoms with van der Waals surface area (Å²) in [5, 5.41) is 8.68. The van der Waals surface area contributed by atoms with E-state index in [2.05, 4.69) is 9.55 Å². The molecule has 0 radical (unpaired) electrons. The molecule has 1 N–H and O–H groups in total. The first kappa shape index (κ1) is 10.7. The van der Waals surface area contributed by atoms with E-state index in [1.165, 1.54) is 0 Å². The van der Waals surface area contributed by atoms with E-state index in [4.69, 9.17) is 5.11 Å². The van der Waals surface area contributed by atoms with Gasteiger partial charge < -0.3 is 9.67 Å². The zero-order chi connectivity index (χ0) is 11.5. The molecule has 4 nitrogen and oxygen atoms in total. The zero-order valence-electron chi connectivity index (χ0n) is 9.18. The minimum atomic E-state index is -0.783. The highest BCUT2D eigenvalue weighted by molar-refractivity contribution is 5.76. The third kappa shape index (κ3) is 1.91. The van der Waals surface area contributed by atoms with Gasteiger partial charge in [-0.25, -0.2) is 4.98 Å². The molecule has 84 valence electrons. The fourth-order valence-corrected chi connectivity index (χ4v) is 1.89. The molecule has 0 aliphatic heterocycles. The molecule has 0 aliphatic rings. The van der Waals surface area contributed by atoms with Gasteiger partial charge in [-0.1, -0.05) is 12.1 Å². The van der Waals surface area contributed by atoms with Gasteiger partial charge in [0.15, 0.2) is 0 Å². The number of aryl methyl sites for hydroxylation is 2. The van der Waals surface area contributed by atoms with Crippen LogP contribution in [0.15, 0.2) is 24.3 Å². The highest BCUT2D eigenvalue weighted by atomic mass is 16.4. The molecular weight excluding hydrogens is 204 g/mol. The first-order valence-corrected chi connectivity index (χ1v) is 5.38. The summed E-state index contributed by atoms with van der Waals surface area (Å²) in [5.74, 6) is 0.0702. The van der Waals surface area contributed by atoms with Gasteiger partial charge in [0.2, 0.25) is 0 Å². The van der Waals surface area contributed by atoms with Gasteiger partial charge in [0, 0.05) is 13.0 Å². The number of hydrogen-bond acceptors (Lipinski definition) is 2. The van der Waals surface area contributed by atoms with Gasteiger partial charge in [0.1, 0.15) is 5.82 Å². The molecule has 16 heavy (non-hydrogen) atoms. The number of carbonyl (C=O) groups is 1. The summed E-state index contributed by atoms with van der Waals surface area (Å²) in [6.07, 6.45) is 0.612. The summed E-state index contributed by atoms with van der Waals surface area (Å²) in [6, 6.07) is 7.87. The smallest absolute Gasteiger partial charge is 0.303 e. The lowest BCUT2D eigenvalue weighted by atomic mass is 10.3. The van der Waals surface area contributed by atoms with Crippen molar-refractivity contribution < 1.29 is 9.90 Å². The Morgan fingerprint density at radius 2 is 2.19 bits per heavy atom. The van der Waals surface area contributed by atoms with Crippen molar-refractivity contribution in [2.45, 2.75) is 26.3 Å². The van der Waals surface area contributed by atoms with Gasteiger partial charge in [-0.2, -0.15) is 0 Å². The Hall–Kier alpha value is -1.84. The number of aliphatic carboxylic acids is 1. The number of fused-ring (bicyclic) bond motifs is 1. The van der Waals surface area contributed by atoms with E-state index in [0.29, 0.717) is 6.42 Å².